The van der Waals surface area contributed by atoms with E-state index in [0.29, 0.717) is 0 Å². The van der Waals surface area contributed by atoms with Gasteiger partial charge < -0.3 is 10.2 Å². The maximum absolute atomic E-state index is 4.13. The van der Waals surface area contributed by atoms with Crippen LogP contribution in [0.15, 0.2) is 4.34 Å². The van der Waals surface area contributed by atoms with Gasteiger partial charge in [-0.15, -0.1) is 20.4 Å². The average Bonchev–Trinajstić information content (AvgIpc) is 2.95. The highest BCUT2D eigenvalue weighted by Crippen LogP contribution is 2.30. The number of aromatic nitrogens is 4. The van der Waals surface area contributed by atoms with Crippen LogP contribution in [0.2, 0.25) is 0 Å². The number of hydrogen-bond acceptors (Lipinski definition) is 9. The summed E-state index contributed by atoms with van der Waals surface area (Å²) < 4.78 is 0.957. The van der Waals surface area contributed by atoms with Crippen LogP contribution in [-0.4, -0.2) is 41.0 Å². The number of nitrogens with zero attached hydrogens (tertiary/aromatic N) is 5. The third kappa shape index (κ3) is 3.53. The Bertz CT molecular complexity index is 494. The maximum atomic E-state index is 4.13. The van der Waals surface area contributed by atoms with Crippen LogP contribution in [-0.2, 0) is 5.75 Å². The van der Waals surface area contributed by atoms with E-state index in [1.54, 1.807) is 34.4 Å². The van der Waals surface area contributed by atoms with Crippen molar-refractivity contribution in [2.24, 2.45) is 0 Å². The quantitative estimate of drug-likeness (QED) is 0.820. The van der Waals surface area contributed by atoms with Crippen molar-refractivity contribution in [3.05, 3.63) is 5.01 Å². The molecule has 0 unspecified atom stereocenters. The van der Waals surface area contributed by atoms with E-state index in [9.17, 15) is 0 Å². The molecule has 2 rings (SSSR count). The molecule has 0 spiro atoms. The highest BCUT2D eigenvalue weighted by Gasteiger charge is 2.09. The first kappa shape index (κ1) is 13.5. The Hall–Kier alpha value is -0.930. The smallest absolute Gasteiger partial charge is 0.208 e. The van der Waals surface area contributed by atoms with Crippen LogP contribution in [0.4, 0.5) is 10.3 Å². The molecule has 0 bridgehead atoms. The Morgan fingerprint density at radius 1 is 1.17 bits per heavy atom. The number of anilines is 2. The van der Waals surface area contributed by atoms with Crippen molar-refractivity contribution < 1.29 is 0 Å². The van der Waals surface area contributed by atoms with Gasteiger partial charge in [0.05, 0.1) is 5.75 Å². The molecule has 18 heavy (non-hydrogen) atoms. The number of thioether (sulfide) groups is 1. The van der Waals surface area contributed by atoms with Crippen molar-refractivity contribution in [1.29, 1.82) is 0 Å². The van der Waals surface area contributed by atoms with Gasteiger partial charge in [-0.2, -0.15) is 0 Å². The molecular weight excluding hydrogens is 288 g/mol. The van der Waals surface area contributed by atoms with E-state index >= 15 is 0 Å². The molecular formula is C9H14N6S3. The van der Waals surface area contributed by atoms with Gasteiger partial charge in [0.1, 0.15) is 5.01 Å². The van der Waals surface area contributed by atoms with E-state index in [2.05, 4.69) is 25.7 Å². The molecule has 0 aliphatic heterocycles. The first-order chi connectivity index (χ1) is 8.69. The predicted octanol–water partition coefficient (Wildman–Crippen LogP) is 2.18. The average molecular weight is 302 g/mol. The summed E-state index contributed by atoms with van der Waals surface area (Å²) in [6, 6.07) is 0. The molecule has 0 aliphatic carbocycles. The standard InChI is InChI=1S/C9H14N6S3/c1-4-10-7-12-11-6(17-7)5-16-9-14-13-8(18-9)15(2)3/h4-5H2,1-3H3,(H,10,12). The molecule has 2 aromatic rings. The Kier molecular flexibility index (Phi) is 4.72. The maximum Gasteiger partial charge on any atom is 0.208 e. The fourth-order valence-electron chi connectivity index (χ4n) is 1.10. The van der Waals surface area contributed by atoms with Crippen molar-refractivity contribution in [2.75, 3.05) is 30.9 Å². The fraction of sp³-hybridized carbons (Fsp3) is 0.556. The highest BCUT2D eigenvalue weighted by atomic mass is 32.2. The molecule has 1 N–H and O–H groups in total. The SMILES string of the molecule is CCNc1nnc(CSc2nnc(N(C)C)s2)s1. The molecule has 6 nitrogen and oxygen atoms in total. The minimum absolute atomic E-state index is 0.783. The number of nitrogens with one attached hydrogen (secondary N) is 1. The molecule has 0 fully saturated rings. The van der Waals surface area contributed by atoms with Gasteiger partial charge in [0.2, 0.25) is 10.3 Å². The van der Waals surface area contributed by atoms with Gasteiger partial charge in [-0.1, -0.05) is 34.4 Å². The molecule has 0 radical (unpaired) electrons. The summed E-state index contributed by atoms with van der Waals surface area (Å²) in [6.07, 6.45) is 0. The van der Waals surface area contributed by atoms with E-state index in [1.165, 1.54) is 0 Å². The Morgan fingerprint density at radius 3 is 2.67 bits per heavy atom. The molecule has 98 valence electrons. The van der Waals surface area contributed by atoms with E-state index in [1.807, 2.05) is 25.9 Å². The molecule has 0 atom stereocenters. The summed E-state index contributed by atoms with van der Waals surface area (Å²) in [7, 11) is 3.92. The highest BCUT2D eigenvalue weighted by molar-refractivity contribution is 8.00. The lowest BCUT2D eigenvalue weighted by molar-refractivity contribution is 0.971. The summed E-state index contributed by atoms with van der Waals surface area (Å²) in [5.41, 5.74) is 0. The molecule has 2 aromatic heterocycles. The second-order valence-electron chi connectivity index (χ2n) is 3.56. The summed E-state index contributed by atoms with van der Waals surface area (Å²) in [5, 5.41) is 22.3. The third-order valence-corrected chi connectivity index (χ3v) is 5.19. The van der Waals surface area contributed by atoms with Gasteiger partial charge in [-0.05, 0) is 6.92 Å². The first-order valence-corrected chi connectivity index (χ1v) is 8.00. The van der Waals surface area contributed by atoms with E-state index < -0.39 is 0 Å². The summed E-state index contributed by atoms with van der Waals surface area (Å²) in [5.74, 6) is 0.783. The van der Waals surface area contributed by atoms with Gasteiger partial charge >= 0.3 is 0 Å². The van der Waals surface area contributed by atoms with Crippen LogP contribution in [0, 0.1) is 0 Å². The zero-order valence-electron chi connectivity index (χ0n) is 10.4. The van der Waals surface area contributed by atoms with Gasteiger partial charge in [0.15, 0.2) is 4.34 Å². The molecule has 0 aromatic carbocycles. The van der Waals surface area contributed by atoms with Crippen LogP contribution in [0.25, 0.3) is 0 Å². The van der Waals surface area contributed by atoms with Crippen LogP contribution in [0.3, 0.4) is 0 Å². The number of hydrogen-bond donors (Lipinski definition) is 1. The zero-order chi connectivity index (χ0) is 13.0. The summed E-state index contributed by atoms with van der Waals surface area (Å²) in [4.78, 5) is 1.95. The Balaban J connectivity index is 1.89. The van der Waals surface area contributed by atoms with Crippen molar-refractivity contribution in [2.45, 2.75) is 17.0 Å². The zero-order valence-corrected chi connectivity index (χ0v) is 12.8. The van der Waals surface area contributed by atoms with Gasteiger partial charge in [-0.25, -0.2) is 0 Å². The van der Waals surface area contributed by atoms with Crippen LogP contribution >= 0.6 is 34.4 Å². The van der Waals surface area contributed by atoms with Gasteiger partial charge in [0, 0.05) is 20.6 Å². The van der Waals surface area contributed by atoms with Crippen LogP contribution in [0.5, 0.6) is 0 Å². The van der Waals surface area contributed by atoms with Crippen LogP contribution < -0.4 is 10.2 Å². The molecule has 0 aliphatic rings. The molecule has 0 amide bonds. The van der Waals surface area contributed by atoms with Crippen molar-refractivity contribution in [3.63, 3.8) is 0 Å². The molecule has 0 saturated carbocycles. The van der Waals surface area contributed by atoms with E-state index in [4.69, 9.17) is 0 Å². The minimum atomic E-state index is 0.783. The molecule has 9 heteroatoms. The lowest BCUT2D eigenvalue weighted by Gasteiger charge is -2.03. The predicted molar refractivity (Wildman–Crippen MR) is 77.9 cm³/mol. The van der Waals surface area contributed by atoms with E-state index in [-0.39, 0.29) is 0 Å². The summed E-state index contributed by atoms with van der Waals surface area (Å²) in [6.45, 7) is 2.91. The number of rotatable bonds is 6. The van der Waals surface area contributed by atoms with Gasteiger partial charge in [-0.3, -0.25) is 0 Å². The van der Waals surface area contributed by atoms with Crippen molar-refractivity contribution in [1.82, 2.24) is 20.4 Å². The fourth-order valence-corrected chi connectivity index (χ4v) is 3.66. The van der Waals surface area contributed by atoms with E-state index in [0.717, 1.165) is 31.9 Å². The monoisotopic (exact) mass is 302 g/mol. The largest absolute Gasteiger partial charge is 0.360 e. The third-order valence-electron chi connectivity index (χ3n) is 1.89. The minimum Gasteiger partial charge on any atom is -0.360 e. The van der Waals surface area contributed by atoms with Crippen LogP contribution in [0.1, 0.15) is 11.9 Å². The topological polar surface area (TPSA) is 66.8 Å². The van der Waals surface area contributed by atoms with Gasteiger partial charge in [0.25, 0.3) is 0 Å². The normalized spacial score (nSPS) is 10.6. The lowest BCUT2D eigenvalue weighted by atomic mass is 10.8. The van der Waals surface area contributed by atoms with Crippen molar-refractivity contribution in [3.8, 4) is 0 Å². The first-order valence-electron chi connectivity index (χ1n) is 5.39. The lowest BCUT2D eigenvalue weighted by Crippen LogP contribution is -2.07. The second-order valence-corrected chi connectivity index (χ2v) is 6.81. The molecule has 2 heterocycles. The Labute approximate surface area is 118 Å². The van der Waals surface area contributed by atoms with Crippen molar-refractivity contribution >= 4 is 44.7 Å². The Morgan fingerprint density at radius 2 is 2.00 bits per heavy atom. The summed E-state index contributed by atoms with van der Waals surface area (Å²) >= 11 is 4.81. The molecule has 0 saturated heterocycles. The second kappa shape index (κ2) is 6.30.